The molecule has 0 bridgehead atoms. The summed E-state index contributed by atoms with van der Waals surface area (Å²) in [6, 6.07) is 3.56. The van der Waals surface area contributed by atoms with Crippen molar-refractivity contribution in [2.24, 2.45) is 0 Å². The molecule has 0 amide bonds. The van der Waals surface area contributed by atoms with Gasteiger partial charge in [-0.15, -0.1) is 0 Å². The molecule has 0 N–H and O–H groups in total. The van der Waals surface area contributed by atoms with Gasteiger partial charge in [0.1, 0.15) is 10.5 Å². The number of rotatable bonds is 1. The Morgan fingerprint density at radius 2 is 1.22 bits per heavy atom. The summed E-state index contributed by atoms with van der Waals surface area (Å²) >= 11 is 7.49. The Kier molecular flexibility index (Phi) is 9.34. The Morgan fingerprint density at radius 3 is 1.33 bits per heavy atom. The second kappa shape index (κ2) is 6.80. The molecule has 5 heteroatoms. The quantitative estimate of drug-likeness (QED) is 0.427. The Morgan fingerprint density at radius 1 is 1.00 bits per heavy atom. The molecule has 44 valence electrons. The van der Waals surface area contributed by atoms with Gasteiger partial charge in [-0.1, -0.05) is 0 Å². The fourth-order valence-corrected chi connectivity index (χ4v) is 0.275. The molecule has 0 saturated carbocycles. The third-order valence-electron chi connectivity index (χ3n) is 0.564. The van der Waals surface area contributed by atoms with Gasteiger partial charge < -0.3 is 0 Å². The fourth-order valence-electron chi connectivity index (χ4n) is 0.141. The summed E-state index contributed by atoms with van der Waals surface area (Å²) in [6.07, 6.45) is 0. The van der Waals surface area contributed by atoms with Gasteiger partial charge in [0.25, 0.3) is 0 Å². The Balaban J connectivity index is 0. The summed E-state index contributed by atoms with van der Waals surface area (Å²) in [4.78, 5) is 0. The first-order chi connectivity index (χ1) is 3.72. The van der Waals surface area contributed by atoms with E-state index in [0.717, 1.165) is 0 Å². The van der Waals surface area contributed by atoms with E-state index in [1.54, 1.807) is 12.1 Å². The fraction of sp³-hybridized carbons (Fsp3) is 0.500. The molecule has 2 unspecified atom stereocenters. The van der Waals surface area contributed by atoms with Crippen molar-refractivity contribution in [2.45, 2.75) is 10.5 Å². The van der Waals surface area contributed by atoms with Crippen LogP contribution in [0.4, 0.5) is 0 Å². The second-order valence-electron chi connectivity index (χ2n) is 1.15. The third kappa shape index (κ3) is 5.14. The summed E-state index contributed by atoms with van der Waals surface area (Å²) in [7, 11) is 0. The van der Waals surface area contributed by atoms with Gasteiger partial charge in [0.2, 0.25) is 0 Å². The van der Waals surface area contributed by atoms with E-state index in [1.807, 2.05) is 0 Å². The van der Waals surface area contributed by atoms with Gasteiger partial charge in [-0.25, -0.2) is 0 Å². The molecule has 2 nitrogen and oxygen atoms in total. The summed E-state index contributed by atoms with van der Waals surface area (Å²) in [5.74, 6) is 0. The van der Waals surface area contributed by atoms with Crippen LogP contribution in [0.5, 0.6) is 0 Å². The first-order valence-corrected chi connectivity index (χ1v) is 2.91. The minimum absolute atomic E-state index is 0. The molecule has 2 atom stereocenters. The van der Waals surface area contributed by atoms with Crippen LogP contribution in [0.15, 0.2) is 0 Å². The number of thiol groups is 2. The van der Waals surface area contributed by atoms with E-state index in [2.05, 4.69) is 25.3 Å². The van der Waals surface area contributed by atoms with E-state index >= 15 is 0 Å². The van der Waals surface area contributed by atoms with Crippen LogP contribution < -0.4 is 0 Å². The van der Waals surface area contributed by atoms with Gasteiger partial charge in [0.05, 0.1) is 12.1 Å². The number of nitriles is 2. The molecule has 0 rings (SSSR count). The average molecular weight is 168 g/mol. The van der Waals surface area contributed by atoms with Crippen LogP contribution in [-0.4, -0.2) is 40.1 Å². The molecule has 9 heavy (non-hydrogen) atoms. The van der Waals surface area contributed by atoms with Crippen molar-refractivity contribution in [3.8, 4) is 12.1 Å². The van der Waals surface area contributed by atoms with Crippen molar-refractivity contribution in [2.75, 3.05) is 0 Å². The molecule has 0 aromatic heterocycles. The molecular formula is C4H5N2NaS2. The van der Waals surface area contributed by atoms with Crippen molar-refractivity contribution in [3.05, 3.63) is 0 Å². The first-order valence-electron chi connectivity index (χ1n) is 1.87. The zero-order chi connectivity index (χ0) is 6.57. The van der Waals surface area contributed by atoms with Crippen LogP contribution >= 0.6 is 25.3 Å². The molecule has 0 aliphatic rings. The van der Waals surface area contributed by atoms with Gasteiger partial charge in [0, 0.05) is 0 Å². The SMILES string of the molecule is N#CC(S)C(S)C#N.[NaH]. The maximum absolute atomic E-state index is 8.11. The molecule has 0 aromatic carbocycles. The van der Waals surface area contributed by atoms with E-state index in [4.69, 9.17) is 10.5 Å². The van der Waals surface area contributed by atoms with Crippen LogP contribution in [0.3, 0.4) is 0 Å². The van der Waals surface area contributed by atoms with E-state index in [1.165, 1.54) is 0 Å². The van der Waals surface area contributed by atoms with Crippen molar-refractivity contribution in [1.82, 2.24) is 0 Å². The van der Waals surface area contributed by atoms with Crippen LogP contribution in [0.25, 0.3) is 0 Å². The van der Waals surface area contributed by atoms with Gasteiger partial charge in [-0.3, -0.25) is 0 Å². The maximum atomic E-state index is 8.11. The molecule has 0 spiro atoms. The number of hydrogen-bond acceptors (Lipinski definition) is 4. The summed E-state index contributed by atoms with van der Waals surface area (Å²) in [5, 5.41) is 15.1. The summed E-state index contributed by atoms with van der Waals surface area (Å²) in [6.45, 7) is 0. The molecule has 0 heterocycles. The molecule has 0 saturated heterocycles. The molecular weight excluding hydrogens is 163 g/mol. The standard InChI is InChI=1S/C4H4N2S2.Na.H/c5-1-3(7)4(8)2-6;;/h3-4,7-8H;;. The Hall–Kier alpha value is 0.680. The van der Waals surface area contributed by atoms with Gasteiger partial charge in [-0.05, 0) is 0 Å². The molecule has 0 aliphatic carbocycles. The van der Waals surface area contributed by atoms with Crippen LogP contribution in [0.1, 0.15) is 0 Å². The topological polar surface area (TPSA) is 47.6 Å². The van der Waals surface area contributed by atoms with Crippen molar-refractivity contribution in [3.63, 3.8) is 0 Å². The van der Waals surface area contributed by atoms with Crippen LogP contribution in [0.2, 0.25) is 0 Å². The first kappa shape index (κ1) is 12.4. The summed E-state index contributed by atoms with van der Waals surface area (Å²) < 4.78 is 0. The third-order valence-corrected chi connectivity index (χ3v) is 1.63. The van der Waals surface area contributed by atoms with Gasteiger partial charge in [-0.2, -0.15) is 35.8 Å². The molecule has 0 fully saturated rings. The molecule has 0 radical (unpaired) electrons. The Labute approximate surface area is 87.3 Å². The Bertz CT molecular complexity index is 130. The normalized spacial score (nSPS) is 13.8. The zero-order valence-corrected chi connectivity index (χ0v) is 5.73. The van der Waals surface area contributed by atoms with Crippen LogP contribution in [-0.2, 0) is 0 Å². The van der Waals surface area contributed by atoms with E-state index < -0.39 is 10.5 Å². The van der Waals surface area contributed by atoms with Gasteiger partial charge >= 0.3 is 29.6 Å². The van der Waals surface area contributed by atoms with Crippen LogP contribution in [0, 0.1) is 22.7 Å². The molecule has 0 aliphatic heterocycles. The number of hydrogen-bond donors (Lipinski definition) is 2. The predicted octanol–water partition coefficient (Wildman–Crippen LogP) is -0.0181. The monoisotopic (exact) mass is 168 g/mol. The van der Waals surface area contributed by atoms with Crippen molar-refractivity contribution >= 4 is 54.8 Å². The van der Waals surface area contributed by atoms with E-state index in [-0.39, 0.29) is 29.6 Å². The summed E-state index contributed by atoms with van der Waals surface area (Å²) in [5.41, 5.74) is 0. The van der Waals surface area contributed by atoms with Crippen molar-refractivity contribution in [1.29, 1.82) is 10.5 Å². The minimum atomic E-state index is -0.580. The number of nitrogens with zero attached hydrogens (tertiary/aromatic N) is 2. The average Bonchev–Trinajstić information content (AvgIpc) is 1.84. The second-order valence-corrected chi connectivity index (χ2v) is 2.26. The molecule has 0 aromatic rings. The zero-order valence-electron chi connectivity index (χ0n) is 3.94. The van der Waals surface area contributed by atoms with Crippen molar-refractivity contribution < 1.29 is 0 Å². The van der Waals surface area contributed by atoms with E-state index in [9.17, 15) is 0 Å². The van der Waals surface area contributed by atoms with Gasteiger partial charge in [0.15, 0.2) is 0 Å². The van der Waals surface area contributed by atoms with E-state index in [0.29, 0.717) is 0 Å². The predicted molar refractivity (Wildman–Crippen MR) is 43.9 cm³/mol.